The molecule has 110 valence electrons. The summed E-state index contributed by atoms with van der Waals surface area (Å²) in [5.41, 5.74) is 1.36. The Labute approximate surface area is 123 Å². The number of hydrogen-bond acceptors (Lipinski definition) is 3. The van der Waals surface area contributed by atoms with Crippen molar-refractivity contribution in [1.29, 1.82) is 5.26 Å². The predicted molar refractivity (Wildman–Crippen MR) is 76.6 cm³/mol. The molecule has 1 aromatic rings. The predicted octanol–water partition coefficient (Wildman–Crippen LogP) is 2.08. The number of likely N-dealkylation sites (tertiary alicyclic amines) is 1. The van der Waals surface area contributed by atoms with Crippen LogP contribution in [0.25, 0.3) is 0 Å². The number of piperidine rings is 1. The van der Waals surface area contributed by atoms with Crippen LogP contribution in [-0.4, -0.2) is 35.0 Å². The topological polar surface area (TPSA) is 81.4 Å². The van der Waals surface area contributed by atoms with Crippen molar-refractivity contribution in [3.05, 3.63) is 35.4 Å². The summed E-state index contributed by atoms with van der Waals surface area (Å²) in [6.45, 7) is 1.60. The molecule has 1 aliphatic heterocycles. The highest BCUT2D eigenvalue weighted by Gasteiger charge is 2.19. The molecular weight excluding hydrogens is 268 g/mol. The van der Waals surface area contributed by atoms with Gasteiger partial charge in [0.2, 0.25) is 0 Å². The maximum Gasteiger partial charge on any atom is 0.321 e. The van der Waals surface area contributed by atoms with Gasteiger partial charge in [-0.2, -0.15) is 5.26 Å². The van der Waals surface area contributed by atoms with Gasteiger partial charge in [0.15, 0.2) is 0 Å². The first-order valence-electron chi connectivity index (χ1n) is 7.12. The molecule has 0 saturated carbocycles. The summed E-state index contributed by atoms with van der Waals surface area (Å²) in [6.07, 6.45) is 3.43. The van der Waals surface area contributed by atoms with Crippen LogP contribution in [0.1, 0.15) is 35.2 Å². The van der Waals surface area contributed by atoms with E-state index in [-0.39, 0.29) is 12.3 Å². The maximum atomic E-state index is 12.3. The van der Waals surface area contributed by atoms with Crippen LogP contribution >= 0.6 is 0 Å². The number of carbonyl (C=O) groups is 2. The molecule has 2 rings (SSSR count). The smallest absolute Gasteiger partial charge is 0.321 e. The van der Waals surface area contributed by atoms with Gasteiger partial charge in [0.1, 0.15) is 5.92 Å². The molecule has 1 atom stereocenters. The minimum absolute atomic E-state index is 0.0244. The molecule has 1 N–H and O–H groups in total. The van der Waals surface area contributed by atoms with Crippen molar-refractivity contribution < 1.29 is 14.7 Å². The van der Waals surface area contributed by atoms with Gasteiger partial charge in [0.25, 0.3) is 5.91 Å². The fourth-order valence-corrected chi connectivity index (χ4v) is 2.49. The molecule has 0 aliphatic carbocycles. The Balaban J connectivity index is 2.03. The highest BCUT2D eigenvalue weighted by atomic mass is 16.4. The van der Waals surface area contributed by atoms with Gasteiger partial charge in [-0.05, 0) is 43.4 Å². The highest BCUT2D eigenvalue weighted by Crippen LogP contribution is 2.15. The molecule has 0 radical (unpaired) electrons. The number of carboxylic acid groups (broad SMARTS) is 1. The third-order valence-electron chi connectivity index (χ3n) is 3.74. The molecule has 1 saturated heterocycles. The number of benzene rings is 1. The van der Waals surface area contributed by atoms with Crippen molar-refractivity contribution in [2.45, 2.75) is 25.7 Å². The first-order valence-corrected chi connectivity index (χ1v) is 7.12. The van der Waals surface area contributed by atoms with Crippen LogP contribution in [0.5, 0.6) is 0 Å². The lowest BCUT2D eigenvalue weighted by molar-refractivity contribution is -0.139. The molecule has 1 aliphatic rings. The molecule has 5 heteroatoms. The van der Waals surface area contributed by atoms with E-state index in [1.54, 1.807) is 30.3 Å². The van der Waals surface area contributed by atoms with Crippen molar-refractivity contribution in [3.8, 4) is 6.07 Å². The number of carboxylic acids is 1. The summed E-state index contributed by atoms with van der Waals surface area (Å²) in [7, 11) is 0. The van der Waals surface area contributed by atoms with E-state index in [1.807, 2.05) is 4.90 Å². The lowest BCUT2D eigenvalue weighted by atomic mass is 9.99. The van der Waals surface area contributed by atoms with Crippen LogP contribution in [-0.2, 0) is 11.2 Å². The fraction of sp³-hybridized carbons (Fsp3) is 0.438. The Morgan fingerprint density at radius 3 is 2.33 bits per heavy atom. The molecule has 1 unspecified atom stereocenters. The Hall–Kier alpha value is -2.35. The molecule has 1 fully saturated rings. The number of rotatable bonds is 4. The summed E-state index contributed by atoms with van der Waals surface area (Å²) in [5.74, 6) is -2.14. The number of aliphatic carboxylic acids is 1. The van der Waals surface area contributed by atoms with Crippen LogP contribution < -0.4 is 0 Å². The number of carbonyl (C=O) groups excluding carboxylic acids is 1. The van der Waals surface area contributed by atoms with Crippen LogP contribution in [0.4, 0.5) is 0 Å². The first-order chi connectivity index (χ1) is 10.1. The van der Waals surface area contributed by atoms with Gasteiger partial charge < -0.3 is 10.0 Å². The summed E-state index contributed by atoms with van der Waals surface area (Å²) < 4.78 is 0. The number of nitriles is 1. The summed E-state index contributed by atoms with van der Waals surface area (Å²) in [5, 5.41) is 17.6. The van der Waals surface area contributed by atoms with Gasteiger partial charge >= 0.3 is 5.97 Å². The van der Waals surface area contributed by atoms with Gasteiger partial charge in [-0.3, -0.25) is 9.59 Å². The highest BCUT2D eigenvalue weighted by molar-refractivity contribution is 5.94. The molecule has 1 heterocycles. The monoisotopic (exact) mass is 286 g/mol. The lowest BCUT2D eigenvalue weighted by Crippen LogP contribution is -2.35. The van der Waals surface area contributed by atoms with Crippen LogP contribution in [0.15, 0.2) is 24.3 Å². The van der Waals surface area contributed by atoms with Crippen LogP contribution in [0.2, 0.25) is 0 Å². The van der Waals surface area contributed by atoms with Crippen molar-refractivity contribution >= 4 is 11.9 Å². The largest absolute Gasteiger partial charge is 0.480 e. The standard InChI is InChI=1S/C16H18N2O3/c17-11-14(16(20)21)10-12-4-6-13(7-5-12)15(19)18-8-2-1-3-9-18/h4-7,14H,1-3,8-10H2,(H,20,21). The molecule has 0 spiro atoms. The van der Waals surface area contributed by atoms with Gasteiger partial charge in [-0.25, -0.2) is 0 Å². The third-order valence-corrected chi connectivity index (χ3v) is 3.74. The molecule has 0 bridgehead atoms. The summed E-state index contributed by atoms with van der Waals surface area (Å²) in [4.78, 5) is 25.0. The zero-order valence-corrected chi connectivity index (χ0v) is 11.8. The van der Waals surface area contributed by atoms with Gasteiger partial charge in [0.05, 0.1) is 6.07 Å². The summed E-state index contributed by atoms with van der Waals surface area (Å²) in [6, 6.07) is 8.64. The fourth-order valence-electron chi connectivity index (χ4n) is 2.49. The molecule has 0 aromatic heterocycles. The van der Waals surface area contributed by atoms with Crippen molar-refractivity contribution in [1.82, 2.24) is 4.90 Å². The van der Waals surface area contributed by atoms with E-state index < -0.39 is 11.9 Å². The average molecular weight is 286 g/mol. The minimum atomic E-state index is -1.12. The van der Waals surface area contributed by atoms with Crippen molar-refractivity contribution in [2.75, 3.05) is 13.1 Å². The maximum absolute atomic E-state index is 12.3. The third kappa shape index (κ3) is 3.82. The second kappa shape index (κ2) is 6.89. The number of nitrogens with zero attached hydrogens (tertiary/aromatic N) is 2. The average Bonchev–Trinajstić information content (AvgIpc) is 2.53. The van der Waals surface area contributed by atoms with Crippen molar-refractivity contribution in [3.63, 3.8) is 0 Å². The molecule has 21 heavy (non-hydrogen) atoms. The van der Waals surface area contributed by atoms with Crippen LogP contribution in [0, 0.1) is 17.2 Å². The van der Waals surface area contributed by atoms with Crippen molar-refractivity contribution in [2.24, 2.45) is 5.92 Å². The minimum Gasteiger partial charge on any atom is -0.480 e. The Kier molecular flexibility index (Phi) is 4.94. The lowest BCUT2D eigenvalue weighted by Gasteiger charge is -2.26. The number of hydrogen-bond donors (Lipinski definition) is 1. The molecule has 1 amide bonds. The SMILES string of the molecule is N#CC(Cc1ccc(C(=O)N2CCCCC2)cc1)C(=O)O. The van der Waals surface area contributed by atoms with E-state index in [1.165, 1.54) is 6.42 Å². The first kappa shape index (κ1) is 15.0. The van der Waals surface area contributed by atoms with Gasteiger partial charge in [-0.1, -0.05) is 12.1 Å². The quantitative estimate of drug-likeness (QED) is 0.918. The second-order valence-corrected chi connectivity index (χ2v) is 5.27. The normalized spacial score (nSPS) is 16.0. The van der Waals surface area contributed by atoms with Gasteiger partial charge in [0, 0.05) is 18.7 Å². The van der Waals surface area contributed by atoms with E-state index >= 15 is 0 Å². The Bertz CT molecular complexity index is 554. The Morgan fingerprint density at radius 1 is 1.19 bits per heavy atom. The molecule has 5 nitrogen and oxygen atoms in total. The van der Waals surface area contributed by atoms with E-state index in [9.17, 15) is 9.59 Å². The van der Waals surface area contributed by atoms with E-state index in [0.717, 1.165) is 31.5 Å². The Morgan fingerprint density at radius 2 is 1.81 bits per heavy atom. The van der Waals surface area contributed by atoms with E-state index in [2.05, 4.69) is 0 Å². The number of amides is 1. The summed E-state index contributed by atoms with van der Waals surface area (Å²) >= 11 is 0. The van der Waals surface area contributed by atoms with E-state index in [4.69, 9.17) is 10.4 Å². The molecule has 1 aromatic carbocycles. The van der Waals surface area contributed by atoms with Crippen LogP contribution in [0.3, 0.4) is 0 Å². The second-order valence-electron chi connectivity index (χ2n) is 5.27. The zero-order valence-electron chi connectivity index (χ0n) is 11.8. The van der Waals surface area contributed by atoms with Gasteiger partial charge in [-0.15, -0.1) is 0 Å². The molecular formula is C16H18N2O3. The zero-order chi connectivity index (χ0) is 15.2. The van der Waals surface area contributed by atoms with E-state index in [0.29, 0.717) is 5.56 Å².